The molecule has 0 saturated carbocycles. The Bertz CT molecular complexity index is 1160. The van der Waals surface area contributed by atoms with Crippen LogP contribution in [0.15, 0.2) is 52.5 Å². The first-order valence-corrected chi connectivity index (χ1v) is 13.0. The Morgan fingerprint density at radius 2 is 2.00 bits per heavy atom. The summed E-state index contributed by atoms with van der Waals surface area (Å²) in [6, 6.07) is 10.5. The van der Waals surface area contributed by atoms with E-state index in [1.54, 1.807) is 12.1 Å². The van der Waals surface area contributed by atoms with Crippen LogP contribution in [-0.4, -0.2) is 74.9 Å². The van der Waals surface area contributed by atoms with Gasteiger partial charge < -0.3 is 26.5 Å². The summed E-state index contributed by atoms with van der Waals surface area (Å²) in [6.07, 6.45) is 3.65. The van der Waals surface area contributed by atoms with Crippen molar-refractivity contribution in [2.24, 2.45) is 10.9 Å². The minimum Gasteiger partial charge on any atom is -0.394 e. The van der Waals surface area contributed by atoms with E-state index in [2.05, 4.69) is 20.5 Å². The van der Waals surface area contributed by atoms with E-state index in [-0.39, 0.29) is 23.4 Å². The number of hydrazone groups is 1. The first kappa shape index (κ1) is 26.4. The van der Waals surface area contributed by atoms with Crippen molar-refractivity contribution >= 4 is 38.9 Å². The lowest BCUT2D eigenvalue weighted by atomic mass is 10.1. The highest BCUT2D eigenvalue weighted by Crippen LogP contribution is 2.21. The number of hydrogen-bond acceptors (Lipinski definition) is 7. The van der Waals surface area contributed by atoms with Crippen LogP contribution in [0.5, 0.6) is 0 Å². The Labute approximate surface area is 204 Å². The Balaban J connectivity index is 1.58. The molecule has 12 heteroatoms. The number of nitrogens with two attached hydrogens (primary N) is 1. The summed E-state index contributed by atoms with van der Waals surface area (Å²) in [5.74, 6) is 4.32. The topological polar surface area (TPSA) is 166 Å². The van der Waals surface area contributed by atoms with Gasteiger partial charge in [0.05, 0.1) is 11.5 Å². The molecule has 1 aliphatic heterocycles. The largest absolute Gasteiger partial charge is 0.394 e. The zero-order valence-corrected chi connectivity index (χ0v) is 20.2. The SMILES string of the molecule is NN=CNCCCC(=O)NCC1CCCN1C(=O)C(CO)NS(=O)(=O)c1ccc2ccccc2c1. The summed E-state index contributed by atoms with van der Waals surface area (Å²) >= 11 is 0. The summed E-state index contributed by atoms with van der Waals surface area (Å²) in [7, 11) is -4.05. The fourth-order valence-electron chi connectivity index (χ4n) is 4.08. The molecule has 3 rings (SSSR count). The van der Waals surface area contributed by atoms with Gasteiger partial charge in [0.2, 0.25) is 21.8 Å². The van der Waals surface area contributed by atoms with Crippen LogP contribution < -0.4 is 21.2 Å². The number of aliphatic hydroxyl groups is 1. The van der Waals surface area contributed by atoms with Crippen molar-refractivity contribution in [2.45, 2.75) is 42.7 Å². The zero-order valence-electron chi connectivity index (χ0n) is 19.4. The number of carbonyl (C=O) groups is 2. The molecule has 0 bridgehead atoms. The molecule has 0 spiro atoms. The van der Waals surface area contributed by atoms with Gasteiger partial charge in [-0.1, -0.05) is 30.3 Å². The highest BCUT2D eigenvalue weighted by Gasteiger charge is 2.35. The molecule has 1 saturated heterocycles. The van der Waals surface area contributed by atoms with E-state index in [1.165, 1.54) is 23.4 Å². The third kappa shape index (κ3) is 7.13. The monoisotopic (exact) mass is 504 g/mol. The number of fused-ring (bicyclic) bond motifs is 1. The fourth-order valence-corrected chi connectivity index (χ4v) is 5.30. The first-order chi connectivity index (χ1) is 16.9. The van der Waals surface area contributed by atoms with Crippen molar-refractivity contribution in [3.8, 4) is 0 Å². The van der Waals surface area contributed by atoms with Gasteiger partial charge in [-0.25, -0.2) is 8.42 Å². The first-order valence-electron chi connectivity index (χ1n) is 11.5. The number of rotatable bonds is 12. The average molecular weight is 505 g/mol. The Kier molecular flexibility index (Phi) is 9.40. The van der Waals surface area contributed by atoms with Crippen molar-refractivity contribution in [3.05, 3.63) is 42.5 Å². The van der Waals surface area contributed by atoms with Crippen LogP contribution >= 0.6 is 0 Å². The highest BCUT2D eigenvalue weighted by molar-refractivity contribution is 7.89. The van der Waals surface area contributed by atoms with E-state index in [9.17, 15) is 23.1 Å². The predicted octanol–water partition coefficient (Wildman–Crippen LogP) is -0.142. The standard InChI is InChI=1S/C23H32N6O5S/c24-27-16-25-11-3-8-22(31)26-14-19-7-4-12-29(19)23(32)21(15-30)28-35(33,34)20-10-9-17-5-1-2-6-18(17)13-20/h1-2,5-6,9-10,13,16,19,21,28,30H,3-4,7-8,11-12,14-15,24H2,(H,25,27)(H,26,31). The summed E-state index contributed by atoms with van der Waals surface area (Å²) in [5, 5.41) is 20.4. The van der Waals surface area contributed by atoms with Crippen molar-refractivity contribution in [1.82, 2.24) is 20.3 Å². The molecule has 2 unspecified atom stereocenters. The number of sulfonamides is 1. The Morgan fingerprint density at radius 3 is 2.74 bits per heavy atom. The van der Waals surface area contributed by atoms with Gasteiger partial charge in [-0.2, -0.15) is 9.82 Å². The van der Waals surface area contributed by atoms with Gasteiger partial charge in [0.15, 0.2) is 0 Å². The molecule has 35 heavy (non-hydrogen) atoms. The highest BCUT2D eigenvalue weighted by atomic mass is 32.2. The van der Waals surface area contributed by atoms with Crippen molar-refractivity contribution in [1.29, 1.82) is 0 Å². The minimum absolute atomic E-state index is 0.0138. The van der Waals surface area contributed by atoms with Crippen molar-refractivity contribution in [3.63, 3.8) is 0 Å². The molecule has 2 aromatic carbocycles. The van der Waals surface area contributed by atoms with Crippen LogP contribution in [0.3, 0.4) is 0 Å². The maximum atomic E-state index is 13.1. The molecule has 2 aromatic rings. The van der Waals surface area contributed by atoms with Crippen LogP contribution in [0, 0.1) is 0 Å². The van der Waals surface area contributed by atoms with Crippen LogP contribution in [0.1, 0.15) is 25.7 Å². The molecule has 0 radical (unpaired) electrons. The maximum absolute atomic E-state index is 13.1. The zero-order chi connectivity index (χ0) is 25.3. The van der Waals surface area contributed by atoms with Crippen LogP contribution in [0.25, 0.3) is 10.8 Å². The van der Waals surface area contributed by atoms with Gasteiger partial charge in [0.25, 0.3) is 0 Å². The van der Waals surface area contributed by atoms with Gasteiger partial charge in [-0.3, -0.25) is 9.59 Å². The second-order valence-corrected chi connectivity index (χ2v) is 10.0. The number of benzene rings is 2. The number of carbonyl (C=O) groups excluding carboxylic acids is 2. The summed E-state index contributed by atoms with van der Waals surface area (Å²) in [6.45, 7) is 0.561. The Hall–Kier alpha value is -3.22. The second kappa shape index (κ2) is 12.5. The molecular formula is C23H32N6O5S. The normalized spacial score (nSPS) is 17.1. The quantitative estimate of drug-likeness (QED) is 0.0882. The molecule has 11 nitrogen and oxygen atoms in total. The number of hydrogen-bond donors (Lipinski definition) is 5. The fraction of sp³-hybridized carbons (Fsp3) is 0.435. The maximum Gasteiger partial charge on any atom is 0.243 e. The third-order valence-corrected chi connectivity index (χ3v) is 7.36. The number of aliphatic hydroxyl groups excluding tert-OH is 1. The van der Waals surface area contributed by atoms with Gasteiger partial charge in [-0.15, -0.1) is 0 Å². The predicted molar refractivity (Wildman–Crippen MR) is 133 cm³/mol. The lowest BCUT2D eigenvalue weighted by Crippen LogP contribution is -2.53. The molecule has 6 N–H and O–H groups in total. The molecule has 190 valence electrons. The molecule has 2 atom stereocenters. The lowest BCUT2D eigenvalue weighted by Gasteiger charge is -2.28. The molecule has 1 fully saturated rings. The number of likely N-dealkylation sites (tertiary alicyclic amines) is 1. The molecule has 0 aliphatic carbocycles. The second-order valence-electron chi connectivity index (χ2n) is 8.33. The number of amides is 2. The number of nitrogens with one attached hydrogen (secondary N) is 3. The van der Waals surface area contributed by atoms with Gasteiger partial charge >= 0.3 is 0 Å². The van der Waals surface area contributed by atoms with E-state index in [0.29, 0.717) is 32.4 Å². The van der Waals surface area contributed by atoms with E-state index < -0.39 is 28.6 Å². The third-order valence-electron chi connectivity index (χ3n) is 5.90. The van der Waals surface area contributed by atoms with E-state index in [0.717, 1.165) is 17.2 Å². The van der Waals surface area contributed by atoms with E-state index in [4.69, 9.17) is 5.84 Å². The van der Waals surface area contributed by atoms with Crippen molar-refractivity contribution < 1.29 is 23.1 Å². The van der Waals surface area contributed by atoms with E-state index in [1.807, 2.05) is 18.2 Å². The summed E-state index contributed by atoms with van der Waals surface area (Å²) < 4.78 is 28.3. The molecule has 1 aliphatic rings. The van der Waals surface area contributed by atoms with Crippen LogP contribution in [-0.2, 0) is 19.6 Å². The Morgan fingerprint density at radius 1 is 1.23 bits per heavy atom. The summed E-state index contributed by atoms with van der Waals surface area (Å²) in [5.41, 5.74) is 0. The van der Waals surface area contributed by atoms with Gasteiger partial charge in [-0.05, 0) is 42.2 Å². The van der Waals surface area contributed by atoms with Gasteiger partial charge in [0.1, 0.15) is 12.4 Å². The van der Waals surface area contributed by atoms with E-state index >= 15 is 0 Å². The smallest absolute Gasteiger partial charge is 0.243 e. The van der Waals surface area contributed by atoms with Gasteiger partial charge in [0, 0.05) is 32.1 Å². The van der Waals surface area contributed by atoms with Crippen LogP contribution in [0.2, 0.25) is 0 Å². The molecule has 1 heterocycles. The van der Waals surface area contributed by atoms with Crippen LogP contribution in [0.4, 0.5) is 0 Å². The summed E-state index contributed by atoms with van der Waals surface area (Å²) in [4.78, 5) is 26.8. The molecular weight excluding hydrogens is 472 g/mol. The number of nitrogens with zero attached hydrogens (tertiary/aromatic N) is 2. The van der Waals surface area contributed by atoms with Crippen molar-refractivity contribution in [2.75, 3.05) is 26.2 Å². The molecule has 2 amide bonds. The molecule has 0 aromatic heterocycles. The lowest BCUT2D eigenvalue weighted by molar-refractivity contribution is -0.135. The average Bonchev–Trinajstić information content (AvgIpc) is 3.34. The minimum atomic E-state index is -4.05.